The number of ether oxygens (including phenoxy) is 3. The van der Waals surface area contributed by atoms with Gasteiger partial charge in [-0.15, -0.1) is 0 Å². The standard InChI is InChI=1S/C25H29NO8/c1-26-10-9-16(19(29)13-26)22-20(32-2)12-21(33-3)23(24(22)30)18(28)11-17(27)14-5-7-15(8-6-14)25(31)34-4/h5-8,12,16,19,29-30H,9-11,13H2,1-4H3/t16-,19+/m0/s1. The number of likely N-dealkylation sites (N-methyl/N-ethyl adjacent to an activating group) is 1. The minimum atomic E-state index is -0.773. The SMILES string of the molecule is COC(=O)c1ccc(C(=O)CC(=O)c2c(OC)cc(OC)c([C@H]3CCN(C)C[C@H]3O)c2O)cc1. The summed E-state index contributed by atoms with van der Waals surface area (Å²) < 4.78 is 15.4. The number of hydrogen-bond acceptors (Lipinski definition) is 9. The molecule has 0 saturated carbocycles. The molecule has 2 aromatic rings. The van der Waals surface area contributed by atoms with Crippen LogP contribution in [0.25, 0.3) is 0 Å². The number of aromatic hydroxyl groups is 1. The van der Waals surface area contributed by atoms with E-state index in [1.807, 2.05) is 11.9 Å². The first kappa shape index (κ1) is 25.2. The monoisotopic (exact) mass is 471 g/mol. The Morgan fingerprint density at radius 1 is 1.00 bits per heavy atom. The largest absolute Gasteiger partial charge is 0.507 e. The number of methoxy groups -OCH3 is 3. The van der Waals surface area contributed by atoms with Crippen molar-refractivity contribution >= 4 is 17.5 Å². The lowest BCUT2D eigenvalue weighted by Gasteiger charge is -2.35. The van der Waals surface area contributed by atoms with Crippen molar-refractivity contribution in [2.45, 2.75) is 24.9 Å². The molecule has 0 amide bonds. The number of phenols is 1. The average Bonchev–Trinajstić information content (AvgIpc) is 2.83. The second-order valence-corrected chi connectivity index (χ2v) is 8.24. The molecule has 1 fully saturated rings. The topological polar surface area (TPSA) is 123 Å². The molecular formula is C25H29NO8. The molecular weight excluding hydrogens is 442 g/mol. The fourth-order valence-corrected chi connectivity index (χ4v) is 4.27. The van der Waals surface area contributed by atoms with Gasteiger partial charge in [0.15, 0.2) is 11.6 Å². The summed E-state index contributed by atoms with van der Waals surface area (Å²) >= 11 is 0. The zero-order valence-corrected chi connectivity index (χ0v) is 19.7. The lowest BCUT2D eigenvalue weighted by Crippen LogP contribution is -2.40. The van der Waals surface area contributed by atoms with Crippen molar-refractivity contribution in [3.05, 3.63) is 52.6 Å². The predicted molar refractivity (Wildman–Crippen MR) is 123 cm³/mol. The Morgan fingerprint density at radius 3 is 2.18 bits per heavy atom. The zero-order valence-electron chi connectivity index (χ0n) is 19.7. The van der Waals surface area contributed by atoms with Crippen LogP contribution in [-0.2, 0) is 4.74 Å². The van der Waals surface area contributed by atoms with Crippen LogP contribution in [0.15, 0.2) is 30.3 Å². The van der Waals surface area contributed by atoms with Gasteiger partial charge in [0.2, 0.25) is 0 Å². The van der Waals surface area contributed by atoms with Gasteiger partial charge >= 0.3 is 5.97 Å². The Morgan fingerprint density at radius 2 is 1.62 bits per heavy atom. The van der Waals surface area contributed by atoms with E-state index in [4.69, 9.17) is 9.47 Å². The molecule has 0 radical (unpaired) electrons. The molecule has 3 rings (SSSR count). The van der Waals surface area contributed by atoms with Crippen LogP contribution in [0, 0.1) is 0 Å². The molecule has 2 aromatic carbocycles. The summed E-state index contributed by atoms with van der Waals surface area (Å²) in [5, 5.41) is 21.8. The van der Waals surface area contributed by atoms with Gasteiger partial charge in [0.1, 0.15) is 22.8 Å². The highest BCUT2D eigenvalue weighted by Gasteiger charge is 2.35. The van der Waals surface area contributed by atoms with E-state index in [-0.39, 0.29) is 28.2 Å². The van der Waals surface area contributed by atoms with Gasteiger partial charge in [0.25, 0.3) is 0 Å². The van der Waals surface area contributed by atoms with E-state index in [2.05, 4.69) is 4.74 Å². The molecule has 182 valence electrons. The number of phenolic OH excluding ortho intramolecular Hbond substituents is 1. The van der Waals surface area contributed by atoms with E-state index in [9.17, 15) is 24.6 Å². The first-order chi connectivity index (χ1) is 16.2. The number of nitrogens with zero attached hydrogens (tertiary/aromatic N) is 1. The van der Waals surface area contributed by atoms with Gasteiger partial charge < -0.3 is 29.3 Å². The van der Waals surface area contributed by atoms with Gasteiger partial charge in [0, 0.05) is 29.7 Å². The van der Waals surface area contributed by atoms with Gasteiger partial charge in [-0.05, 0) is 32.1 Å². The number of Topliss-reactive ketones (excluding diaryl/α,β-unsaturated/α-hetero) is 2. The number of β-amino-alcohol motifs (C(OH)–C–C–N with tert-alkyl or cyclic N) is 1. The van der Waals surface area contributed by atoms with Crippen LogP contribution in [0.1, 0.15) is 55.4 Å². The highest BCUT2D eigenvalue weighted by Crippen LogP contribution is 2.46. The van der Waals surface area contributed by atoms with Crippen LogP contribution in [0.3, 0.4) is 0 Å². The van der Waals surface area contributed by atoms with Gasteiger partial charge in [-0.25, -0.2) is 4.79 Å². The van der Waals surface area contributed by atoms with Crippen LogP contribution in [-0.4, -0.2) is 80.2 Å². The number of aliphatic hydroxyl groups is 1. The maximum atomic E-state index is 13.2. The van der Waals surface area contributed by atoms with Gasteiger partial charge in [-0.1, -0.05) is 12.1 Å². The molecule has 34 heavy (non-hydrogen) atoms. The van der Waals surface area contributed by atoms with Crippen molar-refractivity contribution in [1.29, 1.82) is 0 Å². The Balaban J connectivity index is 1.94. The molecule has 1 saturated heterocycles. The fraction of sp³-hybridized carbons (Fsp3) is 0.400. The summed E-state index contributed by atoms with van der Waals surface area (Å²) in [5.74, 6) is -2.11. The number of rotatable bonds is 8. The average molecular weight is 472 g/mol. The van der Waals surface area contributed by atoms with Crippen molar-refractivity contribution in [2.24, 2.45) is 0 Å². The first-order valence-corrected chi connectivity index (χ1v) is 10.8. The van der Waals surface area contributed by atoms with E-state index in [1.54, 1.807) is 0 Å². The molecule has 9 heteroatoms. The first-order valence-electron chi connectivity index (χ1n) is 10.8. The van der Waals surface area contributed by atoms with Crippen molar-refractivity contribution in [3.8, 4) is 17.2 Å². The fourth-order valence-electron chi connectivity index (χ4n) is 4.27. The van der Waals surface area contributed by atoms with E-state index in [0.717, 1.165) is 0 Å². The third-order valence-corrected chi connectivity index (χ3v) is 6.09. The lowest BCUT2D eigenvalue weighted by molar-refractivity contribution is 0.0599. The van der Waals surface area contributed by atoms with Crippen molar-refractivity contribution in [2.75, 3.05) is 41.5 Å². The third-order valence-electron chi connectivity index (χ3n) is 6.09. The number of hydrogen-bond donors (Lipinski definition) is 2. The highest BCUT2D eigenvalue weighted by atomic mass is 16.5. The predicted octanol–water partition coefficient (Wildman–Crippen LogP) is 2.43. The molecule has 0 bridgehead atoms. The molecule has 0 unspecified atom stereocenters. The number of likely N-dealkylation sites (tertiary alicyclic amines) is 1. The van der Waals surface area contributed by atoms with Gasteiger partial charge in [-0.2, -0.15) is 0 Å². The quantitative estimate of drug-likeness (QED) is 0.339. The van der Waals surface area contributed by atoms with E-state index in [1.165, 1.54) is 51.7 Å². The molecule has 0 spiro atoms. The molecule has 2 N–H and O–H groups in total. The summed E-state index contributed by atoms with van der Waals surface area (Å²) in [6, 6.07) is 7.24. The minimum absolute atomic E-state index is 0.0688. The number of esters is 1. The van der Waals surface area contributed by atoms with Crippen LogP contribution < -0.4 is 9.47 Å². The van der Waals surface area contributed by atoms with E-state index < -0.39 is 36.0 Å². The molecule has 1 aliphatic heterocycles. The summed E-state index contributed by atoms with van der Waals surface area (Å²) in [5.41, 5.74) is 0.700. The summed E-state index contributed by atoms with van der Waals surface area (Å²) in [6.45, 7) is 1.10. The minimum Gasteiger partial charge on any atom is -0.507 e. The Kier molecular flexibility index (Phi) is 7.90. The van der Waals surface area contributed by atoms with Crippen LogP contribution in [0.4, 0.5) is 0 Å². The number of ketones is 2. The molecule has 2 atom stereocenters. The normalized spacial score (nSPS) is 18.3. The maximum Gasteiger partial charge on any atom is 0.337 e. The molecule has 1 heterocycles. The second-order valence-electron chi connectivity index (χ2n) is 8.24. The molecule has 1 aliphatic rings. The second kappa shape index (κ2) is 10.7. The molecule has 9 nitrogen and oxygen atoms in total. The van der Waals surface area contributed by atoms with Crippen molar-refractivity contribution < 1.29 is 38.8 Å². The van der Waals surface area contributed by atoms with Crippen LogP contribution in [0.5, 0.6) is 17.2 Å². The van der Waals surface area contributed by atoms with Crippen LogP contribution >= 0.6 is 0 Å². The smallest absolute Gasteiger partial charge is 0.337 e. The van der Waals surface area contributed by atoms with Crippen molar-refractivity contribution in [1.82, 2.24) is 4.90 Å². The van der Waals surface area contributed by atoms with Crippen LogP contribution in [0.2, 0.25) is 0 Å². The summed E-state index contributed by atoms with van der Waals surface area (Å²) in [7, 11) is 5.93. The summed E-state index contributed by atoms with van der Waals surface area (Å²) in [4.78, 5) is 39.5. The number of carbonyl (C=O) groups excluding carboxylic acids is 3. The van der Waals surface area contributed by atoms with E-state index >= 15 is 0 Å². The zero-order chi connectivity index (χ0) is 25.0. The summed E-state index contributed by atoms with van der Waals surface area (Å²) in [6.07, 6.45) is -0.749. The Labute approximate surface area is 197 Å². The lowest BCUT2D eigenvalue weighted by atomic mass is 9.84. The van der Waals surface area contributed by atoms with Crippen molar-refractivity contribution in [3.63, 3.8) is 0 Å². The molecule has 0 aromatic heterocycles. The molecule has 0 aliphatic carbocycles. The van der Waals surface area contributed by atoms with E-state index in [0.29, 0.717) is 30.8 Å². The highest BCUT2D eigenvalue weighted by molar-refractivity contribution is 6.15. The Hall–Kier alpha value is -3.43. The number of aliphatic hydroxyl groups excluding tert-OH is 1. The maximum absolute atomic E-state index is 13.2. The van der Waals surface area contributed by atoms with Gasteiger partial charge in [0.05, 0.1) is 39.4 Å². The van der Waals surface area contributed by atoms with Gasteiger partial charge in [-0.3, -0.25) is 9.59 Å². The Bertz CT molecular complexity index is 1080. The number of piperidine rings is 1. The third kappa shape index (κ3) is 5.05. The number of benzene rings is 2. The number of carbonyl (C=O) groups is 3.